The molecule has 0 saturated heterocycles. The van der Waals surface area contributed by atoms with E-state index in [-0.39, 0.29) is 6.42 Å². The summed E-state index contributed by atoms with van der Waals surface area (Å²) in [6.07, 6.45) is 3.44. The number of aromatic nitrogens is 2. The van der Waals surface area contributed by atoms with Crippen LogP contribution in [0.1, 0.15) is 23.7 Å². The smallest absolute Gasteiger partial charge is 0.247 e. The molecule has 0 unspecified atom stereocenters. The van der Waals surface area contributed by atoms with Crippen molar-refractivity contribution in [2.75, 3.05) is 5.32 Å². The lowest BCUT2D eigenvalue weighted by Gasteiger charge is -2.15. The molecule has 0 atom stereocenters. The Morgan fingerprint density at radius 2 is 2.04 bits per heavy atom. The van der Waals surface area contributed by atoms with Gasteiger partial charge in [0.05, 0.1) is 6.42 Å². The summed E-state index contributed by atoms with van der Waals surface area (Å²) in [4.78, 5) is 20.8. The average Bonchev–Trinajstić information content (AvgIpc) is 3.25. The number of thiophene rings is 1. The highest BCUT2D eigenvalue weighted by Gasteiger charge is 2.14. The lowest BCUT2D eigenvalue weighted by Crippen LogP contribution is -2.20. The van der Waals surface area contributed by atoms with Crippen molar-refractivity contribution in [3.05, 3.63) is 70.6 Å². The summed E-state index contributed by atoms with van der Waals surface area (Å²) in [6, 6.07) is 9.46. The van der Waals surface area contributed by atoms with E-state index in [1.54, 1.807) is 16.8 Å². The third-order valence-electron chi connectivity index (χ3n) is 4.26. The van der Waals surface area contributed by atoms with Crippen LogP contribution in [0.3, 0.4) is 0 Å². The molecule has 0 radical (unpaired) electrons. The fraction of sp³-hybridized carbons (Fsp3) is 0.190. The second kappa shape index (κ2) is 9.25. The fourth-order valence-electron chi connectivity index (χ4n) is 2.87. The number of aryl methyl sites for hydroxylation is 1. The third-order valence-corrected chi connectivity index (χ3v) is 4.94. The van der Waals surface area contributed by atoms with E-state index in [0.717, 1.165) is 40.3 Å². The maximum atomic E-state index is 11.3. The zero-order valence-electron chi connectivity index (χ0n) is 15.6. The van der Waals surface area contributed by atoms with E-state index in [0.29, 0.717) is 12.2 Å². The first kappa shape index (κ1) is 19.7. The zero-order valence-corrected chi connectivity index (χ0v) is 16.4. The standard InChI is InChI=1S/C21H22N4O2S/c1-3-5-17-18(4-2)23-20(15-10-11-28-13-15)24-21(17)22-16-8-6-14(7-9-16)12-19(26)25-27/h3,6-11,13,27H,1,4-5,12H2,2H3,(H,25,26)(H,22,23,24). The van der Waals surface area contributed by atoms with Crippen molar-refractivity contribution < 1.29 is 10.0 Å². The number of anilines is 2. The highest BCUT2D eigenvalue weighted by Crippen LogP contribution is 2.27. The molecule has 3 N–H and O–H groups in total. The summed E-state index contributed by atoms with van der Waals surface area (Å²) >= 11 is 1.61. The number of hydroxylamine groups is 1. The first-order valence-corrected chi connectivity index (χ1v) is 9.91. The molecule has 3 rings (SSSR count). The summed E-state index contributed by atoms with van der Waals surface area (Å²) in [7, 11) is 0. The highest BCUT2D eigenvalue weighted by atomic mass is 32.1. The van der Waals surface area contributed by atoms with Gasteiger partial charge in [-0.2, -0.15) is 11.3 Å². The number of allylic oxidation sites excluding steroid dienone is 1. The number of rotatable bonds is 8. The summed E-state index contributed by atoms with van der Waals surface area (Å²) < 4.78 is 0. The molecule has 0 aliphatic heterocycles. The Labute approximate surface area is 167 Å². The maximum absolute atomic E-state index is 11.3. The van der Waals surface area contributed by atoms with Crippen molar-refractivity contribution in [2.24, 2.45) is 0 Å². The van der Waals surface area contributed by atoms with Crippen molar-refractivity contribution >= 4 is 28.7 Å². The molecule has 2 aromatic heterocycles. The van der Waals surface area contributed by atoms with Crippen LogP contribution in [0.4, 0.5) is 11.5 Å². The lowest BCUT2D eigenvalue weighted by atomic mass is 10.1. The number of carbonyl (C=O) groups is 1. The van der Waals surface area contributed by atoms with Gasteiger partial charge in [-0.1, -0.05) is 25.1 Å². The summed E-state index contributed by atoms with van der Waals surface area (Å²) in [5.74, 6) is 1.01. The highest BCUT2D eigenvalue weighted by molar-refractivity contribution is 7.08. The summed E-state index contributed by atoms with van der Waals surface area (Å²) in [6.45, 7) is 5.94. The Morgan fingerprint density at radius 1 is 1.25 bits per heavy atom. The van der Waals surface area contributed by atoms with Gasteiger partial charge in [-0.3, -0.25) is 10.0 Å². The maximum Gasteiger partial charge on any atom is 0.247 e. The first-order valence-electron chi connectivity index (χ1n) is 8.96. The van der Waals surface area contributed by atoms with E-state index in [2.05, 4.69) is 18.8 Å². The van der Waals surface area contributed by atoms with E-state index < -0.39 is 5.91 Å². The Morgan fingerprint density at radius 3 is 2.64 bits per heavy atom. The van der Waals surface area contributed by atoms with Crippen LogP contribution in [0.15, 0.2) is 53.7 Å². The van der Waals surface area contributed by atoms with Crippen molar-refractivity contribution in [3.8, 4) is 11.4 Å². The van der Waals surface area contributed by atoms with Crippen LogP contribution in [0.5, 0.6) is 0 Å². The molecule has 0 spiro atoms. The largest absolute Gasteiger partial charge is 0.340 e. The van der Waals surface area contributed by atoms with Gasteiger partial charge in [-0.15, -0.1) is 6.58 Å². The first-order chi connectivity index (χ1) is 13.6. The number of nitrogens with zero attached hydrogens (tertiary/aromatic N) is 2. The number of hydrogen-bond donors (Lipinski definition) is 3. The Kier molecular flexibility index (Phi) is 6.52. The van der Waals surface area contributed by atoms with E-state index >= 15 is 0 Å². The molecule has 2 heterocycles. The van der Waals surface area contributed by atoms with Crippen LogP contribution in [0, 0.1) is 0 Å². The van der Waals surface area contributed by atoms with Crippen LogP contribution < -0.4 is 10.8 Å². The van der Waals surface area contributed by atoms with Crippen LogP contribution >= 0.6 is 11.3 Å². The Hall–Kier alpha value is -3.03. The molecule has 0 bridgehead atoms. The van der Waals surface area contributed by atoms with E-state index in [1.807, 2.05) is 47.2 Å². The molecule has 0 aliphatic rings. The minimum absolute atomic E-state index is 0.119. The molecule has 3 aromatic rings. The summed E-state index contributed by atoms with van der Waals surface area (Å²) in [5.41, 5.74) is 6.33. The Balaban J connectivity index is 1.94. The molecule has 0 aliphatic carbocycles. The number of nitrogens with one attached hydrogen (secondary N) is 2. The van der Waals surface area contributed by atoms with E-state index in [9.17, 15) is 4.79 Å². The molecule has 0 saturated carbocycles. The number of benzene rings is 1. The molecule has 0 fully saturated rings. The van der Waals surface area contributed by atoms with Gasteiger partial charge in [0.2, 0.25) is 5.91 Å². The van der Waals surface area contributed by atoms with Crippen LogP contribution in [0.25, 0.3) is 11.4 Å². The van der Waals surface area contributed by atoms with Gasteiger partial charge in [0, 0.05) is 27.9 Å². The van der Waals surface area contributed by atoms with Crippen LogP contribution in [0.2, 0.25) is 0 Å². The van der Waals surface area contributed by atoms with Gasteiger partial charge in [0.25, 0.3) is 0 Å². The zero-order chi connectivity index (χ0) is 19.9. The molecular formula is C21H22N4O2S. The van der Waals surface area contributed by atoms with E-state index in [4.69, 9.17) is 15.2 Å². The SMILES string of the molecule is C=CCc1c(CC)nc(-c2ccsc2)nc1Nc1ccc(CC(=O)NO)cc1. The normalized spacial score (nSPS) is 10.5. The monoisotopic (exact) mass is 394 g/mol. The topological polar surface area (TPSA) is 87.1 Å². The molecule has 28 heavy (non-hydrogen) atoms. The van der Waals surface area contributed by atoms with Gasteiger partial charge in [-0.25, -0.2) is 15.4 Å². The van der Waals surface area contributed by atoms with Crippen LogP contribution in [-0.4, -0.2) is 21.1 Å². The second-order valence-corrected chi connectivity index (χ2v) is 6.99. The van der Waals surface area contributed by atoms with Gasteiger partial charge in [0.15, 0.2) is 5.82 Å². The van der Waals surface area contributed by atoms with Gasteiger partial charge in [0.1, 0.15) is 5.82 Å². The minimum Gasteiger partial charge on any atom is -0.340 e. The second-order valence-electron chi connectivity index (χ2n) is 6.21. The fourth-order valence-corrected chi connectivity index (χ4v) is 3.51. The van der Waals surface area contributed by atoms with Crippen LogP contribution in [-0.2, 0) is 24.1 Å². The Bertz CT molecular complexity index is 953. The predicted molar refractivity (Wildman–Crippen MR) is 112 cm³/mol. The molecule has 1 amide bonds. The van der Waals surface area contributed by atoms with Gasteiger partial charge >= 0.3 is 0 Å². The molecule has 144 valence electrons. The van der Waals surface area contributed by atoms with Crippen molar-refractivity contribution in [1.29, 1.82) is 0 Å². The summed E-state index contributed by atoms with van der Waals surface area (Å²) in [5, 5.41) is 16.1. The van der Waals surface area contributed by atoms with Gasteiger partial charge in [-0.05, 0) is 42.0 Å². The van der Waals surface area contributed by atoms with E-state index in [1.165, 1.54) is 0 Å². The minimum atomic E-state index is -0.447. The molecule has 6 nitrogen and oxygen atoms in total. The predicted octanol–water partition coefficient (Wildman–Crippen LogP) is 4.29. The lowest BCUT2D eigenvalue weighted by molar-refractivity contribution is -0.128. The number of hydrogen-bond acceptors (Lipinski definition) is 6. The quantitative estimate of drug-likeness (QED) is 0.301. The van der Waals surface area contributed by atoms with Crippen molar-refractivity contribution in [3.63, 3.8) is 0 Å². The average molecular weight is 395 g/mol. The molecule has 1 aromatic carbocycles. The third kappa shape index (κ3) is 4.62. The molecular weight excluding hydrogens is 372 g/mol. The van der Waals surface area contributed by atoms with Crippen molar-refractivity contribution in [1.82, 2.24) is 15.4 Å². The molecule has 7 heteroatoms. The number of amides is 1. The van der Waals surface area contributed by atoms with Crippen molar-refractivity contribution in [2.45, 2.75) is 26.2 Å². The van der Waals surface area contributed by atoms with Gasteiger partial charge < -0.3 is 5.32 Å². The number of carbonyl (C=O) groups excluding carboxylic acids is 1.